The zero-order valence-electron chi connectivity index (χ0n) is 10.1. The second-order valence-corrected chi connectivity index (χ2v) is 4.09. The van der Waals surface area contributed by atoms with E-state index in [0.29, 0.717) is 22.2 Å². The molecule has 6 heteroatoms. The molecule has 0 spiro atoms. The minimum Gasteiger partial charge on any atom is -0.464 e. The second kappa shape index (κ2) is 5.58. The van der Waals surface area contributed by atoms with Gasteiger partial charge in [-0.2, -0.15) is 0 Å². The van der Waals surface area contributed by atoms with Gasteiger partial charge in [0, 0.05) is 17.3 Å². The average molecular weight is 279 g/mol. The summed E-state index contributed by atoms with van der Waals surface area (Å²) < 4.78 is 10.1. The summed E-state index contributed by atoms with van der Waals surface area (Å²) >= 11 is 5.80. The topological polar surface area (TPSA) is 74.4 Å². The molecule has 0 aliphatic carbocycles. The van der Waals surface area contributed by atoms with Crippen molar-refractivity contribution in [1.29, 1.82) is 0 Å². The van der Waals surface area contributed by atoms with Crippen molar-refractivity contribution >= 4 is 23.3 Å². The highest BCUT2D eigenvalue weighted by Crippen LogP contribution is 2.29. The number of nitrogens with two attached hydrogens (primary N) is 1. The fourth-order valence-electron chi connectivity index (χ4n) is 1.43. The van der Waals surface area contributed by atoms with Crippen molar-refractivity contribution in [1.82, 2.24) is 4.98 Å². The number of aromatic nitrogens is 1. The molecule has 1 heterocycles. The molecule has 0 amide bonds. The Morgan fingerprint density at radius 1 is 1.32 bits per heavy atom. The Morgan fingerprint density at radius 3 is 2.79 bits per heavy atom. The fourth-order valence-corrected chi connectivity index (χ4v) is 1.61. The first-order chi connectivity index (χ1) is 9.10. The molecule has 0 aliphatic heterocycles. The number of carbonyl (C=O) groups is 1. The van der Waals surface area contributed by atoms with Gasteiger partial charge in [-0.3, -0.25) is 0 Å². The lowest BCUT2D eigenvalue weighted by Gasteiger charge is -2.09. The fraction of sp³-hybridized carbons (Fsp3) is 0.0769. The van der Waals surface area contributed by atoms with Gasteiger partial charge >= 0.3 is 5.97 Å². The third kappa shape index (κ3) is 3.14. The Bertz CT molecular complexity index is 617. The standard InChI is InChI=1S/C13H11ClN2O3/c1-18-13(17)11-7-9(4-5-16-11)19-12-3-2-8(14)6-10(12)15/h2-7H,15H2,1H3. The zero-order chi connectivity index (χ0) is 13.8. The van der Waals surface area contributed by atoms with Crippen LogP contribution in [-0.2, 0) is 4.74 Å². The van der Waals surface area contributed by atoms with Gasteiger partial charge in [-0.1, -0.05) is 11.6 Å². The predicted molar refractivity (Wildman–Crippen MR) is 71.5 cm³/mol. The van der Waals surface area contributed by atoms with Crippen molar-refractivity contribution in [3.8, 4) is 11.5 Å². The maximum Gasteiger partial charge on any atom is 0.356 e. The molecule has 98 valence electrons. The number of nitrogen functional groups attached to an aromatic ring is 1. The van der Waals surface area contributed by atoms with Crippen LogP contribution in [0.25, 0.3) is 0 Å². The number of halogens is 1. The summed E-state index contributed by atoms with van der Waals surface area (Å²) in [6, 6.07) is 7.98. The van der Waals surface area contributed by atoms with Gasteiger partial charge in [0.2, 0.25) is 0 Å². The quantitative estimate of drug-likeness (QED) is 0.690. The van der Waals surface area contributed by atoms with Gasteiger partial charge in [-0.15, -0.1) is 0 Å². The van der Waals surface area contributed by atoms with E-state index in [4.69, 9.17) is 22.1 Å². The summed E-state index contributed by atoms with van der Waals surface area (Å²) in [5, 5.41) is 0.523. The lowest BCUT2D eigenvalue weighted by atomic mass is 10.3. The van der Waals surface area contributed by atoms with Gasteiger partial charge in [0.15, 0.2) is 5.69 Å². The normalized spacial score (nSPS) is 10.0. The van der Waals surface area contributed by atoms with Crippen molar-refractivity contribution in [3.63, 3.8) is 0 Å². The lowest BCUT2D eigenvalue weighted by molar-refractivity contribution is 0.0593. The monoisotopic (exact) mass is 278 g/mol. The predicted octanol–water partition coefficient (Wildman–Crippen LogP) is 2.90. The van der Waals surface area contributed by atoms with Gasteiger partial charge in [0.25, 0.3) is 0 Å². The molecular formula is C13H11ClN2O3. The second-order valence-electron chi connectivity index (χ2n) is 3.65. The molecule has 0 radical (unpaired) electrons. The van der Waals surface area contributed by atoms with Crippen LogP contribution in [0.15, 0.2) is 36.5 Å². The Morgan fingerprint density at radius 2 is 2.11 bits per heavy atom. The van der Waals surface area contributed by atoms with E-state index in [1.165, 1.54) is 19.4 Å². The van der Waals surface area contributed by atoms with Gasteiger partial charge < -0.3 is 15.2 Å². The molecule has 0 saturated carbocycles. The molecule has 0 unspecified atom stereocenters. The number of pyridine rings is 1. The van der Waals surface area contributed by atoms with Crippen molar-refractivity contribution in [2.45, 2.75) is 0 Å². The summed E-state index contributed by atoms with van der Waals surface area (Å²) in [6.07, 6.45) is 1.45. The van der Waals surface area contributed by atoms with Gasteiger partial charge in [-0.25, -0.2) is 9.78 Å². The summed E-state index contributed by atoms with van der Waals surface area (Å²) in [5.74, 6) is 0.352. The number of carbonyl (C=O) groups excluding carboxylic acids is 1. The van der Waals surface area contributed by atoms with E-state index in [1.54, 1.807) is 24.3 Å². The summed E-state index contributed by atoms with van der Waals surface area (Å²) in [4.78, 5) is 15.2. The van der Waals surface area contributed by atoms with E-state index in [-0.39, 0.29) is 5.69 Å². The third-order valence-corrected chi connectivity index (χ3v) is 2.56. The molecule has 0 fully saturated rings. The van der Waals surface area contributed by atoms with Crippen molar-refractivity contribution in [3.05, 3.63) is 47.2 Å². The lowest BCUT2D eigenvalue weighted by Crippen LogP contribution is -2.04. The van der Waals surface area contributed by atoms with E-state index in [9.17, 15) is 4.79 Å². The Hall–Kier alpha value is -2.27. The number of nitrogens with zero attached hydrogens (tertiary/aromatic N) is 1. The first-order valence-corrected chi connectivity index (χ1v) is 5.75. The molecule has 0 saturated heterocycles. The minimum absolute atomic E-state index is 0.160. The van der Waals surface area contributed by atoms with Crippen molar-refractivity contribution in [2.24, 2.45) is 0 Å². The third-order valence-electron chi connectivity index (χ3n) is 2.33. The number of methoxy groups -OCH3 is 1. The maximum absolute atomic E-state index is 11.3. The number of ether oxygens (including phenoxy) is 2. The van der Waals surface area contributed by atoms with Crippen LogP contribution >= 0.6 is 11.6 Å². The molecule has 0 bridgehead atoms. The molecule has 19 heavy (non-hydrogen) atoms. The highest BCUT2D eigenvalue weighted by Gasteiger charge is 2.09. The van der Waals surface area contributed by atoms with E-state index in [1.807, 2.05) is 0 Å². The van der Waals surface area contributed by atoms with Gasteiger partial charge in [0.05, 0.1) is 12.8 Å². The molecule has 2 aromatic rings. The van der Waals surface area contributed by atoms with Crippen LogP contribution < -0.4 is 10.5 Å². The minimum atomic E-state index is -0.533. The largest absolute Gasteiger partial charge is 0.464 e. The van der Waals surface area contributed by atoms with Crippen LogP contribution in [0.5, 0.6) is 11.5 Å². The summed E-state index contributed by atoms with van der Waals surface area (Å²) in [7, 11) is 1.29. The Labute approximate surface area is 114 Å². The van der Waals surface area contributed by atoms with Crippen molar-refractivity contribution in [2.75, 3.05) is 12.8 Å². The van der Waals surface area contributed by atoms with Crippen LogP contribution in [0.3, 0.4) is 0 Å². The highest BCUT2D eigenvalue weighted by molar-refractivity contribution is 6.30. The van der Waals surface area contributed by atoms with Gasteiger partial charge in [-0.05, 0) is 24.3 Å². The van der Waals surface area contributed by atoms with E-state index >= 15 is 0 Å². The number of rotatable bonds is 3. The number of hydrogen-bond acceptors (Lipinski definition) is 5. The van der Waals surface area contributed by atoms with Crippen LogP contribution in [0.1, 0.15) is 10.5 Å². The highest BCUT2D eigenvalue weighted by atomic mass is 35.5. The van der Waals surface area contributed by atoms with Crippen LogP contribution in [0.2, 0.25) is 5.02 Å². The summed E-state index contributed by atoms with van der Waals surface area (Å²) in [5.41, 5.74) is 6.34. The molecule has 0 atom stereocenters. The number of hydrogen-bond donors (Lipinski definition) is 1. The molecular weight excluding hydrogens is 268 g/mol. The van der Waals surface area contributed by atoms with E-state index in [0.717, 1.165) is 0 Å². The molecule has 1 aromatic heterocycles. The Balaban J connectivity index is 2.26. The molecule has 1 aromatic carbocycles. The maximum atomic E-state index is 11.3. The van der Waals surface area contributed by atoms with Gasteiger partial charge in [0.1, 0.15) is 11.5 Å². The van der Waals surface area contributed by atoms with E-state index in [2.05, 4.69) is 9.72 Å². The zero-order valence-corrected chi connectivity index (χ0v) is 10.8. The molecule has 2 N–H and O–H groups in total. The first-order valence-electron chi connectivity index (χ1n) is 5.37. The molecule has 2 rings (SSSR count). The first kappa shape index (κ1) is 13.2. The van der Waals surface area contributed by atoms with E-state index < -0.39 is 5.97 Å². The van der Waals surface area contributed by atoms with Crippen LogP contribution in [-0.4, -0.2) is 18.1 Å². The smallest absolute Gasteiger partial charge is 0.356 e. The molecule has 0 aliphatic rings. The number of anilines is 1. The van der Waals surface area contributed by atoms with Crippen molar-refractivity contribution < 1.29 is 14.3 Å². The molecule has 5 nitrogen and oxygen atoms in total. The Kier molecular flexibility index (Phi) is 3.87. The van der Waals surface area contributed by atoms with Crippen LogP contribution in [0, 0.1) is 0 Å². The number of benzene rings is 1. The average Bonchev–Trinajstić information content (AvgIpc) is 2.41. The summed E-state index contributed by atoms with van der Waals surface area (Å²) in [6.45, 7) is 0. The van der Waals surface area contributed by atoms with Crippen LogP contribution in [0.4, 0.5) is 5.69 Å². The number of esters is 1. The SMILES string of the molecule is COC(=O)c1cc(Oc2ccc(Cl)cc2N)ccn1.